The minimum absolute atomic E-state index is 0.268. The highest BCUT2D eigenvalue weighted by molar-refractivity contribution is 5.75. The van der Waals surface area contributed by atoms with Gasteiger partial charge >= 0.3 is 5.97 Å². The molecule has 0 saturated heterocycles. The Kier molecular flexibility index (Phi) is 6.36. The number of ether oxygens (including phenoxy) is 2. The van der Waals surface area contributed by atoms with Crippen molar-refractivity contribution in [2.45, 2.75) is 32.7 Å². The zero-order chi connectivity index (χ0) is 14.3. The number of nitrogens with one attached hydrogen (secondary N) is 1. The van der Waals surface area contributed by atoms with E-state index in [1.165, 1.54) is 7.11 Å². The van der Waals surface area contributed by atoms with Crippen LogP contribution in [0.3, 0.4) is 0 Å². The van der Waals surface area contributed by atoms with E-state index in [1.54, 1.807) is 0 Å². The third-order valence-corrected chi connectivity index (χ3v) is 2.88. The van der Waals surface area contributed by atoms with Crippen LogP contribution in [0.2, 0.25) is 0 Å². The fraction of sp³-hybridized carbons (Fsp3) is 0.533. The highest BCUT2D eigenvalue weighted by Crippen LogP contribution is 2.25. The van der Waals surface area contributed by atoms with Gasteiger partial charge in [-0.05, 0) is 24.1 Å². The molecule has 1 N–H and O–H groups in total. The molecule has 0 radical (unpaired) electrons. The summed E-state index contributed by atoms with van der Waals surface area (Å²) in [5, 5.41) is 3.05. The molecule has 106 valence electrons. The lowest BCUT2D eigenvalue weighted by molar-refractivity contribution is -0.143. The van der Waals surface area contributed by atoms with Crippen molar-refractivity contribution in [3.63, 3.8) is 0 Å². The van der Waals surface area contributed by atoms with Crippen molar-refractivity contribution in [1.82, 2.24) is 5.32 Å². The summed E-state index contributed by atoms with van der Waals surface area (Å²) in [6, 6.07) is 7.46. The average molecular weight is 265 g/mol. The fourth-order valence-electron chi connectivity index (χ4n) is 1.86. The van der Waals surface area contributed by atoms with Crippen LogP contribution in [0.15, 0.2) is 24.3 Å². The summed E-state index contributed by atoms with van der Waals surface area (Å²) in [6.45, 7) is 7.13. The molecule has 0 heterocycles. The minimum Gasteiger partial charge on any atom is -0.491 e. The maximum Gasteiger partial charge on any atom is 0.326 e. The first kappa shape index (κ1) is 15.5. The van der Waals surface area contributed by atoms with E-state index in [9.17, 15) is 4.79 Å². The van der Waals surface area contributed by atoms with E-state index in [0.29, 0.717) is 12.5 Å². The summed E-state index contributed by atoms with van der Waals surface area (Å²) in [6.07, 6.45) is 0. The number of carbonyl (C=O) groups excluding carboxylic acids is 1. The van der Waals surface area contributed by atoms with E-state index < -0.39 is 6.04 Å². The van der Waals surface area contributed by atoms with Crippen LogP contribution < -0.4 is 10.1 Å². The van der Waals surface area contributed by atoms with Crippen LogP contribution in [-0.4, -0.2) is 32.3 Å². The number of benzene rings is 1. The molecule has 0 fully saturated rings. The molecule has 0 saturated carbocycles. The van der Waals surface area contributed by atoms with Crippen molar-refractivity contribution in [2.75, 3.05) is 20.3 Å². The second kappa shape index (κ2) is 7.79. The Bertz CT molecular complexity index is 404. The highest BCUT2D eigenvalue weighted by atomic mass is 16.5. The Morgan fingerprint density at radius 1 is 1.32 bits per heavy atom. The number of hydrogen-bond acceptors (Lipinski definition) is 4. The first-order valence-corrected chi connectivity index (χ1v) is 6.63. The first-order valence-electron chi connectivity index (χ1n) is 6.63. The Morgan fingerprint density at radius 2 is 2.00 bits per heavy atom. The van der Waals surface area contributed by atoms with E-state index in [-0.39, 0.29) is 12.6 Å². The Labute approximate surface area is 115 Å². The topological polar surface area (TPSA) is 47.6 Å². The molecule has 1 atom stereocenters. The molecule has 4 heteroatoms. The molecule has 1 unspecified atom stereocenters. The van der Waals surface area contributed by atoms with Crippen LogP contribution in [0.25, 0.3) is 0 Å². The molecular formula is C15H23NO3. The van der Waals surface area contributed by atoms with Gasteiger partial charge in [0.15, 0.2) is 0 Å². The molecule has 19 heavy (non-hydrogen) atoms. The quantitative estimate of drug-likeness (QED) is 0.769. The van der Waals surface area contributed by atoms with E-state index in [1.807, 2.05) is 31.2 Å². The van der Waals surface area contributed by atoms with Crippen molar-refractivity contribution in [2.24, 2.45) is 0 Å². The average Bonchev–Trinajstić information content (AvgIpc) is 2.42. The standard InChI is InChI=1S/C15H23NO3/c1-5-16-13(15(17)18-4)10-19-14-9-7-6-8-12(14)11(2)3/h6-9,11,13,16H,5,10H2,1-4H3. The van der Waals surface area contributed by atoms with Crippen molar-refractivity contribution in [3.8, 4) is 5.75 Å². The third kappa shape index (κ3) is 4.56. The fourth-order valence-corrected chi connectivity index (χ4v) is 1.86. The molecule has 1 aromatic rings. The van der Waals surface area contributed by atoms with Gasteiger partial charge in [0.25, 0.3) is 0 Å². The lowest BCUT2D eigenvalue weighted by Gasteiger charge is -2.18. The van der Waals surface area contributed by atoms with Gasteiger partial charge in [-0.25, -0.2) is 0 Å². The van der Waals surface area contributed by atoms with Gasteiger partial charge in [0.05, 0.1) is 7.11 Å². The molecule has 4 nitrogen and oxygen atoms in total. The monoisotopic (exact) mass is 265 g/mol. The number of carbonyl (C=O) groups is 1. The Hall–Kier alpha value is -1.55. The molecule has 0 bridgehead atoms. The molecule has 1 rings (SSSR count). The van der Waals surface area contributed by atoms with Crippen LogP contribution in [-0.2, 0) is 9.53 Å². The molecule has 0 spiro atoms. The number of para-hydroxylation sites is 1. The summed E-state index contributed by atoms with van der Waals surface area (Å²) in [4.78, 5) is 11.6. The van der Waals surface area contributed by atoms with Gasteiger partial charge in [-0.15, -0.1) is 0 Å². The number of hydrogen-bond donors (Lipinski definition) is 1. The maximum atomic E-state index is 11.6. The summed E-state index contributed by atoms with van der Waals surface area (Å²) in [5.41, 5.74) is 1.14. The molecular weight excluding hydrogens is 242 g/mol. The zero-order valence-electron chi connectivity index (χ0n) is 12.1. The van der Waals surface area contributed by atoms with Crippen LogP contribution in [0.5, 0.6) is 5.75 Å². The number of likely N-dealkylation sites (N-methyl/N-ethyl adjacent to an activating group) is 1. The second-order valence-corrected chi connectivity index (χ2v) is 4.64. The van der Waals surface area contributed by atoms with E-state index in [4.69, 9.17) is 9.47 Å². The van der Waals surface area contributed by atoms with Crippen LogP contribution in [0.1, 0.15) is 32.3 Å². The van der Waals surface area contributed by atoms with E-state index in [0.717, 1.165) is 11.3 Å². The van der Waals surface area contributed by atoms with Crippen LogP contribution >= 0.6 is 0 Å². The first-order chi connectivity index (χ1) is 9.10. The minimum atomic E-state index is -0.435. The lowest BCUT2D eigenvalue weighted by Crippen LogP contribution is -2.42. The van der Waals surface area contributed by atoms with Gasteiger partial charge in [0, 0.05) is 0 Å². The molecule has 0 aliphatic carbocycles. The van der Waals surface area contributed by atoms with Gasteiger partial charge in [-0.2, -0.15) is 0 Å². The maximum absolute atomic E-state index is 11.6. The van der Waals surface area contributed by atoms with Crippen LogP contribution in [0, 0.1) is 0 Å². The number of methoxy groups -OCH3 is 1. The SMILES string of the molecule is CCNC(COc1ccccc1C(C)C)C(=O)OC. The predicted molar refractivity (Wildman–Crippen MR) is 75.5 cm³/mol. The van der Waals surface area contributed by atoms with E-state index in [2.05, 4.69) is 19.2 Å². The highest BCUT2D eigenvalue weighted by Gasteiger charge is 2.19. The van der Waals surface area contributed by atoms with Gasteiger partial charge in [0.1, 0.15) is 18.4 Å². The Morgan fingerprint density at radius 3 is 2.58 bits per heavy atom. The number of rotatable bonds is 7. The molecule has 0 amide bonds. The predicted octanol–water partition coefficient (Wildman–Crippen LogP) is 2.34. The smallest absolute Gasteiger partial charge is 0.326 e. The van der Waals surface area contributed by atoms with E-state index >= 15 is 0 Å². The zero-order valence-corrected chi connectivity index (χ0v) is 12.1. The normalized spacial score (nSPS) is 12.3. The summed E-state index contributed by atoms with van der Waals surface area (Å²) in [5.74, 6) is 0.903. The van der Waals surface area contributed by atoms with Crippen LogP contribution in [0.4, 0.5) is 0 Å². The van der Waals surface area contributed by atoms with Crippen molar-refractivity contribution < 1.29 is 14.3 Å². The largest absolute Gasteiger partial charge is 0.491 e. The van der Waals surface area contributed by atoms with Gasteiger partial charge in [-0.1, -0.05) is 39.0 Å². The second-order valence-electron chi connectivity index (χ2n) is 4.64. The lowest BCUT2D eigenvalue weighted by atomic mass is 10.0. The molecule has 0 aliphatic rings. The molecule has 0 aromatic heterocycles. The summed E-state index contributed by atoms with van der Waals surface area (Å²) in [7, 11) is 1.38. The van der Waals surface area contributed by atoms with Gasteiger partial charge in [0.2, 0.25) is 0 Å². The molecule has 1 aromatic carbocycles. The summed E-state index contributed by atoms with van der Waals surface area (Å²) >= 11 is 0. The van der Waals surface area contributed by atoms with Crippen molar-refractivity contribution in [3.05, 3.63) is 29.8 Å². The Balaban J connectivity index is 2.71. The molecule has 0 aliphatic heterocycles. The van der Waals surface area contributed by atoms with Gasteiger partial charge in [-0.3, -0.25) is 4.79 Å². The number of esters is 1. The van der Waals surface area contributed by atoms with Gasteiger partial charge < -0.3 is 14.8 Å². The van der Waals surface area contributed by atoms with Crippen molar-refractivity contribution >= 4 is 5.97 Å². The third-order valence-electron chi connectivity index (χ3n) is 2.88. The van der Waals surface area contributed by atoms with Crippen molar-refractivity contribution in [1.29, 1.82) is 0 Å². The summed E-state index contributed by atoms with van der Waals surface area (Å²) < 4.78 is 10.5.